The van der Waals surface area contributed by atoms with Crippen molar-refractivity contribution in [2.75, 3.05) is 18.4 Å². The highest BCUT2D eigenvalue weighted by atomic mass is 32.2. The van der Waals surface area contributed by atoms with E-state index in [1.165, 1.54) is 0 Å². The monoisotopic (exact) mass is 470 g/mol. The quantitative estimate of drug-likeness (QED) is 0.382. The van der Waals surface area contributed by atoms with Crippen LogP contribution in [-0.2, 0) is 5.75 Å². The van der Waals surface area contributed by atoms with E-state index in [0.717, 1.165) is 53.5 Å². The molecule has 6 nitrogen and oxygen atoms in total. The number of fused-ring (bicyclic) bond motifs is 1. The number of benzene rings is 2. The summed E-state index contributed by atoms with van der Waals surface area (Å²) in [5, 5.41) is 2.98. The molecular formula is C27H26N4O2S. The number of carbonyl (C=O) groups is 2. The number of aromatic nitrogens is 2. The predicted octanol–water partition coefficient (Wildman–Crippen LogP) is 5.42. The molecule has 0 atom stereocenters. The smallest absolute Gasteiger partial charge is 0.255 e. The number of nitrogens with zero attached hydrogens (tertiary/aromatic N) is 3. The van der Waals surface area contributed by atoms with Gasteiger partial charge in [0.2, 0.25) is 0 Å². The van der Waals surface area contributed by atoms with Gasteiger partial charge in [-0.2, -0.15) is 0 Å². The van der Waals surface area contributed by atoms with Crippen molar-refractivity contribution in [3.8, 4) is 0 Å². The molecule has 2 aromatic heterocycles. The first-order chi connectivity index (χ1) is 16.6. The van der Waals surface area contributed by atoms with Crippen LogP contribution in [0.25, 0.3) is 5.65 Å². The Balaban J connectivity index is 1.23. The van der Waals surface area contributed by atoms with Crippen LogP contribution in [0.2, 0.25) is 0 Å². The maximum absolute atomic E-state index is 12.9. The van der Waals surface area contributed by atoms with Gasteiger partial charge < -0.3 is 14.6 Å². The number of amides is 2. The molecule has 1 fully saturated rings. The van der Waals surface area contributed by atoms with Crippen molar-refractivity contribution < 1.29 is 9.59 Å². The normalized spacial score (nSPS) is 13.4. The fourth-order valence-electron chi connectivity index (χ4n) is 4.20. The zero-order valence-corrected chi connectivity index (χ0v) is 19.8. The molecule has 2 aromatic carbocycles. The molecule has 0 spiro atoms. The average Bonchev–Trinajstić information content (AvgIpc) is 3.54. The molecule has 1 saturated heterocycles. The molecule has 4 aromatic rings. The summed E-state index contributed by atoms with van der Waals surface area (Å²) < 4.78 is 2.01. The summed E-state index contributed by atoms with van der Waals surface area (Å²) in [6.07, 6.45) is 6.13. The Morgan fingerprint density at radius 3 is 2.56 bits per heavy atom. The standard InChI is InChI=1S/C27H26N4O2S/c1-19-23(27(33)30-14-4-5-15-30)7-6-8-24(19)29-26(32)20-10-12-22(13-11-20)34-18-21-17-31-16-3-2-9-25(31)28-21/h2-3,6-13,16-17H,4-5,14-15,18H2,1H3,(H,29,32). The van der Waals surface area contributed by atoms with E-state index in [9.17, 15) is 9.59 Å². The van der Waals surface area contributed by atoms with Crippen LogP contribution in [-0.4, -0.2) is 39.2 Å². The Hall–Kier alpha value is -3.58. The molecule has 1 aliphatic heterocycles. The minimum absolute atomic E-state index is 0.0399. The van der Waals surface area contributed by atoms with E-state index < -0.39 is 0 Å². The topological polar surface area (TPSA) is 66.7 Å². The van der Waals surface area contributed by atoms with E-state index in [-0.39, 0.29) is 11.8 Å². The van der Waals surface area contributed by atoms with Gasteiger partial charge in [-0.25, -0.2) is 4.98 Å². The van der Waals surface area contributed by atoms with Gasteiger partial charge in [-0.1, -0.05) is 12.1 Å². The fourth-order valence-corrected chi connectivity index (χ4v) is 4.99. The number of hydrogen-bond acceptors (Lipinski definition) is 4. The number of anilines is 1. The summed E-state index contributed by atoms with van der Waals surface area (Å²) >= 11 is 1.68. The highest BCUT2D eigenvalue weighted by molar-refractivity contribution is 7.98. The second-order valence-electron chi connectivity index (χ2n) is 8.44. The van der Waals surface area contributed by atoms with E-state index in [2.05, 4.69) is 10.3 Å². The lowest BCUT2D eigenvalue weighted by Gasteiger charge is -2.18. The van der Waals surface area contributed by atoms with E-state index in [1.54, 1.807) is 11.8 Å². The second-order valence-corrected chi connectivity index (χ2v) is 9.49. The lowest BCUT2D eigenvalue weighted by atomic mass is 10.0. The largest absolute Gasteiger partial charge is 0.339 e. The van der Waals surface area contributed by atoms with E-state index in [1.807, 2.05) is 89.3 Å². The molecule has 0 bridgehead atoms. The molecule has 5 rings (SSSR count). The number of likely N-dealkylation sites (tertiary alicyclic amines) is 1. The third kappa shape index (κ3) is 4.70. The molecule has 0 radical (unpaired) electrons. The van der Waals surface area contributed by atoms with Gasteiger partial charge in [0.1, 0.15) is 5.65 Å². The Morgan fingerprint density at radius 2 is 1.79 bits per heavy atom. The minimum atomic E-state index is -0.189. The van der Waals surface area contributed by atoms with Crippen molar-refractivity contribution in [3.05, 3.63) is 95.4 Å². The molecule has 0 aliphatic carbocycles. The van der Waals surface area contributed by atoms with Gasteiger partial charge in [0, 0.05) is 52.9 Å². The van der Waals surface area contributed by atoms with Crippen molar-refractivity contribution in [3.63, 3.8) is 0 Å². The summed E-state index contributed by atoms with van der Waals surface area (Å²) in [6.45, 7) is 3.49. The Bertz CT molecular complexity index is 1310. The predicted molar refractivity (Wildman–Crippen MR) is 135 cm³/mol. The molecule has 0 saturated carbocycles. The zero-order chi connectivity index (χ0) is 23.5. The molecule has 2 amide bonds. The lowest BCUT2D eigenvalue weighted by Crippen LogP contribution is -2.28. The Kier molecular flexibility index (Phi) is 6.36. The summed E-state index contributed by atoms with van der Waals surface area (Å²) in [5.74, 6) is 0.605. The Morgan fingerprint density at radius 1 is 1.00 bits per heavy atom. The molecule has 172 valence electrons. The van der Waals surface area contributed by atoms with Crippen LogP contribution in [0.15, 0.2) is 78.0 Å². The van der Waals surface area contributed by atoms with Gasteiger partial charge >= 0.3 is 0 Å². The highest BCUT2D eigenvalue weighted by Gasteiger charge is 2.22. The number of thioether (sulfide) groups is 1. The number of hydrogen-bond donors (Lipinski definition) is 1. The zero-order valence-electron chi connectivity index (χ0n) is 19.0. The summed E-state index contributed by atoms with van der Waals surface area (Å²) in [6, 6.07) is 19.0. The van der Waals surface area contributed by atoms with Gasteiger partial charge in [0.15, 0.2) is 0 Å². The van der Waals surface area contributed by atoms with Gasteiger partial charge in [-0.15, -0.1) is 11.8 Å². The second kappa shape index (κ2) is 9.73. The number of nitrogens with one attached hydrogen (secondary N) is 1. The maximum atomic E-state index is 12.9. The number of pyridine rings is 1. The number of carbonyl (C=O) groups excluding carboxylic acids is 2. The molecular weight excluding hydrogens is 444 g/mol. The van der Waals surface area contributed by atoms with Gasteiger partial charge in [-0.05, 0) is 73.9 Å². The highest BCUT2D eigenvalue weighted by Crippen LogP contribution is 2.25. The van der Waals surface area contributed by atoms with Crippen LogP contribution in [0.5, 0.6) is 0 Å². The molecule has 1 aliphatic rings. The Labute approximate surface area is 203 Å². The van der Waals surface area contributed by atoms with E-state index >= 15 is 0 Å². The van der Waals surface area contributed by atoms with Crippen LogP contribution in [0, 0.1) is 6.92 Å². The fraction of sp³-hybridized carbons (Fsp3) is 0.222. The van der Waals surface area contributed by atoms with Crippen LogP contribution in [0.3, 0.4) is 0 Å². The van der Waals surface area contributed by atoms with Gasteiger partial charge in [-0.3, -0.25) is 9.59 Å². The summed E-state index contributed by atoms with van der Waals surface area (Å²) in [5.41, 5.74) is 4.64. The molecule has 34 heavy (non-hydrogen) atoms. The van der Waals surface area contributed by atoms with Crippen molar-refractivity contribution in [2.24, 2.45) is 0 Å². The lowest BCUT2D eigenvalue weighted by molar-refractivity contribution is 0.0791. The van der Waals surface area contributed by atoms with Crippen LogP contribution in [0.1, 0.15) is 44.8 Å². The summed E-state index contributed by atoms with van der Waals surface area (Å²) in [7, 11) is 0. The minimum Gasteiger partial charge on any atom is -0.339 e. The summed E-state index contributed by atoms with van der Waals surface area (Å²) in [4.78, 5) is 33.3. The number of rotatable bonds is 6. The van der Waals surface area contributed by atoms with E-state index in [0.29, 0.717) is 16.8 Å². The third-order valence-corrected chi connectivity index (χ3v) is 7.17. The van der Waals surface area contributed by atoms with Crippen LogP contribution >= 0.6 is 11.8 Å². The van der Waals surface area contributed by atoms with Crippen molar-refractivity contribution in [1.82, 2.24) is 14.3 Å². The molecule has 0 unspecified atom stereocenters. The first kappa shape index (κ1) is 22.2. The van der Waals surface area contributed by atoms with E-state index in [4.69, 9.17) is 0 Å². The van der Waals surface area contributed by atoms with Gasteiger partial charge in [0.05, 0.1) is 5.69 Å². The molecule has 7 heteroatoms. The third-order valence-electron chi connectivity index (χ3n) is 6.12. The molecule has 3 heterocycles. The van der Waals surface area contributed by atoms with Crippen LogP contribution in [0.4, 0.5) is 5.69 Å². The first-order valence-electron chi connectivity index (χ1n) is 11.4. The maximum Gasteiger partial charge on any atom is 0.255 e. The SMILES string of the molecule is Cc1c(NC(=O)c2ccc(SCc3cn4ccccc4n3)cc2)cccc1C(=O)N1CCCC1. The average molecular weight is 471 g/mol. The molecule has 1 N–H and O–H groups in total. The van der Waals surface area contributed by atoms with Crippen molar-refractivity contribution >= 4 is 34.9 Å². The van der Waals surface area contributed by atoms with Gasteiger partial charge in [0.25, 0.3) is 11.8 Å². The van der Waals surface area contributed by atoms with Crippen molar-refractivity contribution in [1.29, 1.82) is 0 Å². The number of imidazole rings is 1. The van der Waals surface area contributed by atoms with Crippen molar-refractivity contribution in [2.45, 2.75) is 30.4 Å². The van der Waals surface area contributed by atoms with Crippen LogP contribution < -0.4 is 5.32 Å². The first-order valence-corrected chi connectivity index (χ1v) is 12.4.